The van der Waals surface area contributed by atoms with Crippen LogP contribution in [0.3, 0.4) is 0 Å². The molecule has 1 amide bonds. The van der Waals surface area contributed by atoms with E-state index < -0.39 is 5.91 Å². The van der Waals surface area contributed by atoms with Crippen molar-refractivity contribution in [3.8, 4) is 0 Å². The fourth-order valence-corrected chi connectivity index (χ4v) is 3.62. The van der Waals surface area contributed by atoms with Gasteiger partial charge in [-0.2, -0.15) is 0 Å². The summed E-state index contributed by atoms with van der Waals surface area (Å²) in [5.74, 6) is 1.20. The van der Waals surface area contributed by atoms with E-state index in [9.17, 15) is 4.79 Å². The second-order valence-electron chi connectivity index (χ2n) is 6.52. The van der Waals surface area contributed by atoms with E-state index >= 15 is 0 Å². The first kappa shape index (κ1) is 16.8. The molecule has 2 fully saturated rings. The molecule has 3 N–H and O–H groups in total. The van der Waals surface area contributed by atoms with Crippen molar-refractivity contribution in [1.82, 2.24) is 15.1 Å². The Morgan fingerprint density at radius 3 is 2.79 bits per heavy atom. The first-order valence-electron chi connectivity index (χ1n) is 8.75. The number of likely N-dealkylation sites (tertiary alicyclic amines) is 2. The van der Waals surface area contributed by atoms with Gasteiger partial charge < -0.3 is 20.4 Å². The van der Waals surface area contributed by atoms with Gasteiger partial charge in [-0.1, -0.05) is 6.42 Å². The topological polar surface area (TPSA) is 87.1 Å². The molecule has 3 rings (SSSR count). The number of hydrogen-bond donors (Lipinski definition) is 2. The van der Waals surface area contributed by atoms with Crippen LogP contribution in [0.15, 0.2) is 21.5 Å². The molecule has 0 radical (unpaired) electrons. The number of aliphatic imine (C=N–C) groups is 1. The fraction of sp³-hybridized carbons (Fsp3) is 0.647. The van der Waals surface area contributed by atoms with Crippen LogP contribution in [0.25, 0.3) is 0 Å². The Bertz CT molecular complexity index is 592. The van der Waals surface area contributed by atoms with E-state index in [1.54, 1.807) is 19.2 Å². The Morgan fingerprint density at radius 1 is 1.33 bits per heavy atom. The minimum absolute atomic E-state index is 0.188. The molecule has 132 valence electrons. The summed E-state index contributed by atoms with van der Waals surface area (Å²) in [5.41, 5.74) is 5.21. The van der Waals surface area contributed by atoms with Gasteiger partial charge in [0.15, 0.2) is 11.7 Å². The lowest BCUT2D eigenvalue weighted by Crippen LogP contribution is -2.44. The zero-order valence-electron chi connectivity index (χ0n) is 14.3. The van der Waals surface area contributed by atoms with Crippen LogP contribution >= 0.6 is 0 Å². The molecule has 3 heterocycles. The second kappa shape index (κ2) is 7.70. The lowest BCUT2D eigenvalue weighted by atomic mass is 10.1. The van der Waals surface area contributed by atoms with Crippen molar-refractivity contribution in [3.05, 3.63) is 23.7 Å². The molecule has 24 heavy (non-hydrogen) atoms. The van der Waals surface area contributed by atoms with Crippen LogP contribution in [0.1, 0.15) is 42.0 Å². The number of nitrogens with one attached hydrogen (secondary N) is 1. The number of piperidine rings is 1. The van der Waals surface area contributed by atoms with Gasteiger partial charge >= 0.3 is 0 Å². The smallest absolute Gasteiger partial charge is 0.284 e. The SMILES string of the molecule is CN=C(NCc1ccc(C(N)=O)o1)N1CCC(N2CCCCC2)C1. The normalized spacial score (nSPS) is 22.8. The van der Waals surface area contributed by atoms with E-state index in [1.807, 2.05) is 0 Å². The summed E-state index contributed by atoms with van der Waals surface area (Å²) in [7, 11) is 1.80. The minimum Gasteiger partial charge on any atom is -0.454 e. The van der Waals surface area contributed by atoms with Crippen molar-refractivity contribution in [2.24, 2.45) is 10.7 Å². The maximum Gasteiger partial charge on any atom is 0.284 e. The van der Waals surface area contributed by atoms with E-state index in [4.69, 9.17) is 10.2 Å². The molecule has 1 unspecified atom stereocenters. The van der Waals surface area contributed by atoms with Crippen LogP contribution in [0, 0.1) is 0 Å². The zero-order valence-corrected chi connectivity index (χ0v) is 14.3. The molecule has 0 saturated carbocycles. The molecule has 1 atom stereocenters. The predicted molar refractivity (Wildman–Crippen MR) is 92.8 cm³/mol. The highest BCUT2D eigenvalue weighted by atomic mass is 16.3. The number of nitrogens with zero attached hydrogens (tertiary/aromatic N) is 3. The van der Waals surface area contributed by atoms with Gasteiger partial charge in [-0.3, -0.25) is 14.7 Å². The maximum absolute atomic E-state index is 11.1. The molecule has 2 saturated heterocycles. The second-order valence-corrected chi connectivity index (χ2v) is 6.52. The van der Waals surface area contributed by atoms with E-state index in [1.165, 1.54) is 38.8 Å². The van der Waals surface area contributed by atoms with Crippen LogP contribution in [-0.4, -0.2) is 60.9 Å². The number of guanidine groups is 1. The number of amides is 1. The van der Waals surface area contributed by atoms with Gasteiger partial charge in [0.05, 0.1) is 6.54 Å². The highest BCUT2D eigenvalue weighted by Gasteiger charge is 2.29. The lowest BCUT2D eigenvalue weighted by Gasteiger charge is -2.32. The molecule has 0 bridgehead atoms. The van der Waals surface area contributed by atoms with Gasteiger partial charge in [0.2, 0.25) is 0 Å². The Morgan fingerprint density at radius 2 is 2.12 bits per heavy atom. The van der Waals surface area contributed by atoms with Crippen LogP contribution in [0.5, 0.6) is 0 Å². The lowest BCUT2D eigenvalue weighted by molar-refractivity contribution is 0.0972. The summed E-state index contributed by atoms with van der Waals surface area (Å²) < 4.78 is 5.40. The van der Waals surface area contributed by atoms with Crippen molar-refractivity contribution in [3.63, 3.8) is 0 Å². The van der Waals surface area contributed by atoms with Gasteiger partial charge in [-0.15, -0.1) is 0 Å². The van der Waals surface area contributed by atoms with Crippen LogP contribution in [0.2, 0.25) is 0 Å². The third-order valence-corrected chi connectivity index (χ3v) is 4.91. The number of primary amides is 1. The van der Waals surface area contributed by atoms with E-state index in [0.29, 0.717) is 18.3 Å². The monoisotopic (exact) mass is 333 g/mol. The summed E-state index contributed by atoms with van der Waals surface area (Å²) in [4.78, 5) is 20.4. The van der Waals surface area contributed by atoms with Crippen LogP contribution < -0.4 is 11.1 Å². The van der Waals surface area contributed by atoms with E-state index in [-0.39, 0.29) is 5.76 Å². The third-order valence-electron chi connectivity index (χ3n) is 4.91. The molecule has 7 heteroatoms. The van der Waals surface area contributed by atoms with Crippen molar-refractivity contribution < 1.29 is 9.21 Å². The number of hydrogen-bond acceptors (Lipinski definition) is 4. The summed E-state index contributed by atoms with van der Waals surface area (Å²) in [5, 5.41) is 3.31. The number of carbonyl (C=O) groups excluding carboxylic acids is 1. The molecule has 7 nitrogen and oxygen atoms in total. The Kier molecular flexibility index (Phi) is 5.40. The van der Waals surface area contributed by atoms with Gasteiger partial charge in [-0.25, -0.2) is 0 Å². The molecule has 0 aliphatic carbocycles. The van der Waals surface area contributed by atoms with Crippen molar-refractivity contribution in [1.29, 1.82) is 0 Å². The van der Waals surface area contributed by atoms with Crippen LogP contribution in [-0.2, 0) is 6.54 Å². The quantitative estimate of drug-likeness (QED) is 0.634. The molecule has 1 aromatic heterocycles. The molecule has 2 aliphatic heterocycles. The molecule has 0 aromatic carbocycles. The van der Waals surface area contributed by atoms with Gasteiger partial charge in [0, 0.05) is 26.2 Å². The molecular formula is C17H27N5O2. The zero-order chi connectivity index (χ0) is 16.9. The number of carbonyl (C=O) groups is 1. The maximum atomic E-state index is 11.1. The van der Waals surface area contributed by atoms with Gasteiger partial charge in [-0.05, 0) is 44.5 Å². The molecule has 2 aliphatic rings. The van der Waals surface area contributed by atoms with E-state index in [2.05, 4.69) is 20.1 Å². The molecule has 1 aromatic rings. The Balaban J connectivity index is 1.52. The average molecular weight is 333 g/mol. The first-order chi connectivity index (χ1) is 11.7. The highest BCUT2D eigenvalue weighted by Crippen LogP contribution is 2.20. The molecular weight excluding hydrogens is 306 g/mol. The van der Waals surface area contributed by atoms with E-state index in [0.717, 1.165) is 19.0 Å². The predicted octanol–water partition coefficient (Wildman–Crippen LogP) is 1.01. The first-order valence-corrected chi connectivity index (χ1v) is 8.75. The summed E-state index contributed by atoms with van der Waals surface area (Å²) in [6.07, 6.45) is 5.20. The van der Waals surface area contributed by atoms with Crippen molar-refractivity contribution >= 4 is 11.9 Å². The standard InChI is InChI=1S/C17H27N5O2/c1-19-17(20-11-14-5-6-15(24-14)16(18)23)22-10-7-13(12-22)21-8-3-2-4-9-21/h5-6,13H,2-4,7-12H2,1H3,(H2,18,23)(H,19,20). The minimum atomic E-state index is -0.547. The third kappa shape index (κ3) is 3.90. The fourth-order valence-electron chi connectivity index (χ4n) is 3.62. The van der Waals surface area contributed by atoms with Gasteiger partial charge in [0.1, 0.15) is 5.76 Å². The number of nitrogens with two attached hydrogens (primary N) is 1. The summed E-state index contributed by atoms with van der Waals surface area (Å²) >= 11 is 0. The largest absolute Gasteiger partial charge is 0.454 e. The number of rotatable bonds is 4. The average Bonchev–Trinajstić information content (AvgIpc) is 3.26. The highest BCUT2D eigenvalue weighted by molar-refractivity contribution is 5.89. The summed E-state index contributed by atoms with van der Waals surface area (Å²) in [6.45, 7) is 4.99. The van der Waals surface area contributed by atoms with Crippen molar-refractivity contribution in [2.45, 2.75) is 38.3 Å². The Hall–Kier alpha value is -2.02. The summed E-state index contributed by atoms with van der Waals surface area (Å²) in [6, 6.07) is 4.00. The van der Waals surface area contributed by atoms with Gasteiger partial charge in [0.25, 0.3) is 5.91 Å². The Labute approximate surface area is 142 Å². The molecule has 0 spiro atoms. The number of furan rings is 1. The van der Waals surface area contributed by atoms with Crippen LogP contribution in [0.4, 0.5) is 0 Å². The van der Waals surface area contributed by atoms with Crippen molar-refractivity contribution in [2.75, 3.05) is 33.2 Å².